The van der Waals surface area contributed by atoms with Crippen molar-refractivity contribution in [1.82, 2.24) is 9.55 Å². The zero-order valence-corrected chi connectivity index (χ0v) is 28.7. The fourth-order valence-corrected chi connectivity index (χ4v) is 5.48. The topological polar surface area (TPSA) is 121 Å². The number of nitrogens with one attached hydrogen (secondary N) is 1. The molecule has 0 atom stereocenters. The van der Waals surface area contributed by atoms with Gasteiger partial charge in [0.25, 0.3) is 0 Å². The van der Waals surface area contributed by atoms with E-state index < -0.39 is 27.7 Å². The Labute approximate surface area is 247 Å². The van der Waals surface area contributed by atoms with E-state index in [4.69, 9.17) is 13.6 Å². The zero-order chi connectivity index (χ0) is 31.2. The highest BCUT2D eigenvalue weighted by Crippen LogP contribution is 2.37. The van der Waals surface area contributed by atoms with Crippen LogP contribution >= 0.6 is 0 Å². The van der Waals surface area contributed by atoms with E-state index in [2.05, 4.69) is 82.9 Å². The summed E-state index contributed by atoms with van der Waals surface area (Å²) < 4.78 is 19.4. The number of hydrogen-bond donors (Lipinski definition) is 1. The molecule has 0 bridgehead atoms. The first-order valence-electron chi connectivity index (χ1n) is 14.0. The van der Waals surface area contributed by atoms with Crippen molar-refractivity contribution in [3.8, 4) is 0 Å². The number of nitro groups is 1. The first-order chi connectivity index (χ1) is 18.7. The molecule has 0 aliphatic carbocycles. The highest BCUT2D eigenvalue weighted by molar-refractivity contribution is 6.74. The maximum atomic E-state index is 12.3. The molecular weight excluding hydrogens is 559 g/mol. The van der Waals surface area contributed by atoms with Crippen LogP contribution in [0.1, 0.15) is 47.4 Å². The molecule has 11 nitrogen and oxygen atoms in total. The van der Waals surface area contributed by atoms with E-state index in [1.54, 1.807) is 0 Å². The summed E-state index contributed by atoms with van der Waals surface area (Å²) >= 11 is 0. The van der Waals surface area contributed by atoms with Crippen LogP contribution in [0.25, 0.3) is 0 Å². The molecule has 2 aromatic rings. The summed E-state index contributed by atoms with van der Waals surface area (Å²) in [5, 5.41) is 14.0. The Morgan fingerprint density at radius 2 is 1.46 bits per heavy atom. The monoisotopic (exact) mass is 607 g/mol. The Morgan fingerprint density at radius 1 is 0.976 bits per heavy atom. The molecule has 0 fully saturated rings. The third-order valence-corrected chi connectivity index (χ3v) is 17.4. The van der Waals surface area contributed by atoms with E-state index in [1.807, 2.05) is 24.3 Å². The summed E-state index contributed by atoms with van der Waals surface area (Å²) in [4.78, 5) is 29.0. The minimum Gasteiger partial charge on any atom is -0.439 e. The van der Waals surface area contributed by atoms with Crippen molar-refractivity contribution >= 4 is 39.9 Å². The van der Waals surface area contributed by atoms with Crippen LogP contribution in [0.5, 0.6) is 0 Å². The van der Waals surface area contributed by atoms with Gasteiger partial charge in [0.15, 0.2) is 23.2 Å². The van der Waals surface area contributed by atoms with Crippen molar-refractivity contribution in [3.63, 3.8) is 0 Å². The molecule has 1 N–H and O–H groups in total. The second kappa shape index (κ2) is 13.5. The van der Waals surface area contributed by atoms with Crippen LogP contribution in [0.15, 0.2) is 30.5 Å². The van der Waals surface area contributed by atoms with Gasteiger partial charge in [-0.25, -0.2) is 14.3 Å². The molecule has 0 saturated heterocycles. The molecule has 1 aromatic carbocycles. The second-order valence-corrected chi connectivity index (χ2v) is 22.9. The van der Waals surface area contributed by atoms with Crippen LogP contribution in [0.3, 0.4) is 0 Å². The molecule has 41 heavy (non-hydrogen) atoms. The first kappa shape index (κ1) is 34.5. The quantitative estimate of drug-likeness (QED) is 0.148. The van der Waals surface area contributed by atoms with Crippen LogP contribution in [0, 0.1) is 10.1 Å². The largest absolute Gasteiger partial charge is 0.439 e. The standard InChI is InChI=1S/C28H49N5O6Si2/c1-27(2,3)40(8,9)38-18-16-32(17-19-39-41(10,11)28(4,5)6)23-14-12-22(13-15-23)30-26(34)37-21-24-29-20-25(31(24)7)33(35)36/h12-15,20H,16-19,21H2,1-11H3,(H,30,34). The summed E-state index contributed by atoms with van der Waals surface area (Å²) in [6.45, 7) is 24.9. The van der Waals surface area contributed by atoms with E-state index in [0.29, 0.717) is 18.9 Å². The summed E-state index contributed by atoms with van der Waals surface area (Å²) in [5.41, 5.74) is 1.57. The van der Waals surface area contributed by atoms with Crippen molar-refractivity contribution in [3.05, 3.63) is 46.4 Å². The van der Waals surface area contributed by atoms with E-state index in [0.717, 1.165) is 25.0 Å². The Kier molecular flexibility index (Phi) is 11.3. The lowest BCUT2D eigenvalue weighted by atomic mass is 10.2. The van der Waals surface area contributed by atoms with Gasteiger partial charge in [-0.1, -0.05) is 41.5 Å². The van der Waals surface area contributed by atoms with Gasteiger partial charge in [0.1, 0.15) is 6.20 Å². The Morgan fingerprint density at radius 3 is 1.88 bits per heavy atom. The van der Waals surface area contributed by atoms with Gasteiger partial charge in [0.05, 0.1) is 20.3 Å². The van der Waals surface area contributed by atoms with Gasteiger partial charge in [0, 0.05) is 24.5 Å². The van der Waals surface area contributed by atoms with E-state index in [-0.39, 0.29) is 28.3 Å². The van der Waals surface area contributed by atoms with Crippen LogP contribution in [0.2, 0.25) is 36.3 Å². The Bertz CT molecular complexity index is 1140. The predicted octanol–water partition coefficient (Wildman–Crippen LogP) is 6.93. The van der Waals surface area contributed by atoms with E-state index >= 15 is 0 Å². The number of anilines is 2. The fraction of sp³-hybridized carbons (Fsp3) is 0.643. The van der Waals surface area contributed by atoms with Crippen molar-refractivity contribution in [1.29, 1.82) is 0 Å². The summed E-state index contributed by atoms with van der Waals surface area (Å²) in [7, 11) is -2.26. The molecule has 230 valence electrons. The predicted molar refractivity (Wildman–Crippen MR) is 169 cm³/mol. The number of imidazole rings is 1. The molecule has 0 aliphatic rings. The zero-order valence-electron chi connectivity index (χ0n) is 26.7. The van der Waals surface area contributed by atoms with Crippen LogP contribution < -0.4 is 10.2 Å². The molecule has 0 unspecified atom stereocenters. The van der Waals surface area contributed by atoms with Gasteiger partial charge in [0.2, 0.25) is 5.82 Å². The van der Waals surface area contributed by atoms with E-state index in [1.165, 1.54) is 11.6 Å². The van der Waals surface area contributed by atoms with Crippen LogP contribution in [0.4, 0.5) is 22.0 Å². The molecule has 0 saturated carbocycles. The molecule has 1 aromatic heterocycles. The number of carbonyl (C=O) groups is 1. The third kappa shape index (κ3) is 9.65. The number of rotatable bonds is 13. The third-order valence-electron chi connectivity index (χ3n) is 8.32. The van der Waals surface area contributed by atoms with Crippen molar-refractivity contribution in [2.45, 2.75) is 84.4 Å². The van der Waals surface area contributed by atoms with Crippen LogP contribution in [-0.2, 0) is 27.2 Å². The Hall–Kier alpha value is -2.75. The van der Waals surface area contributed by atoms with Crippen molar-refractivity contribution < 1.29 is 23.3 Å². The number of carbonyl (C=O) groups excluding carboxylic acids is 1. The van der Waals surface area contributed by atoms with Gasteiger partial charge in [-0.15, -0.1) is 0 Å². The number of hydrogen-bond acceptors (Lipinski definition) is 8. The van der Waals surface area contributed by atoms with Gasteiger partial charge >= 0.3 is 11.9 Å². The lowest BCUT2D eigenvalue weighted by Gasteiger charge is -2.38. The maximum absolute atomic E-state index is 12.3. The molecule has 1 amide bonds. The fourth-order valence-electron chi connectivity index (χ4n) is 3.41. The summed E-state index contributed by atoms with van der Waals surface area (Å²) in [5.74, 6) is 0.103. The average molecular weight is 608 g/mol. The van der Waals surface area contributed by atoms with Gasteiger partial charge in [-0.3, -0.25) is 5.32 Å². The lowest BCUT2D eigenvalue weighted by Crippen LogP contribution is -2.44. The molecule has 0 aliphatic heterocycles. The molecular formula is C28H49N5O6Si2. The number of aromatic nitrogens is 2. The number of nitrogens with zero attached hydrogens (tertiary/aromatic N) is 4. The minimum absolute atomic E-state index is 0.135. The molecule has 2 rings (SSSR count). The number of benzene rings is 1. The lowest BCUT2D eigenvalue weighted by molar-refractivity contribution is -0.391. The van der Waals surface area contributed by atoms with Gasteiger partial charge in [-0.05, 0) is 65.5 Å². The summed E-state index contributed by atoms with van der Waals surface area (Å²) in [6, 6.07) is 7.55. The van der Waals surface area contributed by atoms with Crippen molar-refractivity contribution in [2.24, 2.45) is 7.05 Å². The molecule has 0 radical (unpaired) electrons. The highest BCUT2D eigenvalue weighted by atomic mass is 28.4. The Balaban J connectivity index is 2.05. The van der Waals surface area contributed by atoms with Crippen molar-refractivity contribution in [2.75, 3.05) is 36.5 Å². The number of ether oxygens (including phenoxy) is 1. The molecule has 13 heteroatoms. The molecule has 1 heterocycles. The van der Waals surface area contributed by atoms with E-state index in [9.17, 15) is 14.9 Å². The summed E-state index contributed by atoms with van der Waals surface area (Å²) in [6.07, 6.45) is 0.459. The number of amides is 1. The molecule has 0 spiro atoms. The average Bonchev–Trinajstić information content (AvgIpc) is 3.21. The maximum Gasteiger partial charge on any atom is 0.412 e. The SMILES string of the molecule is Cn1c([N+](=O)[O-])cnc1COC(=O)Nc1ccc(N(CCO[Si](C)(C)C(C)(C)C)CCO[Si](C)(C)C(C)(C)C)cc1. The van der Waals surface area contributed by atoms with Crippen LogP contribution in [-0.4, -0.2) is 63.5 Å². The van der Waals surface area contributed by atoms with Gasteiger partial charge < -0.3 is 28.6 Å². The smallest absolute Gasteiger partial charge is 0.412 e. The minimum atomic E-state index is -1.88. The second-order valence-electron chi connectivity index (χ2n) is 13.3. The highest BCUT2D eigenvalue weighted by Gasteiger charge is 2.38. The van der Waals surface area contributed by atoms with Gasteiger partial charge in [-0.2, -0.15) is 0 Å². The normalized spacial score (nSPS) is 12.8. The first-order valence-corrected chi connectivity index (χ1v) is 19.8.